The Morgan fingerprint density at radius 1 is 1.38 bits per heavy atom. The van der Waals surface area contributed by atoms with Crippen LogP contribution in [0.25, 0.3) is 0 Å². The second-order valence-corrected chi connectivity index (χ2v) is 5.16. The van der Waals surface area contributed by atoms with Gasteiger partial charge in [-0.2, -0.15) is 0 Å². The zero-order valence-corrected chi connectivity index (χ0v) is 13.2. The fourth-order valence-electron chi connectivity index (χ4n) is 2.16. The SMILES string of the molecule is COC(=O)C(C)(NCCN(C)C)c1c(F)cccc1OC. The van der Waals surface area contributed by atoms with Crippen LogP contribution in [-0.4, -0.2) is 52.3 Å². The molecule has 1 atom stereocenters. The first-order chi connectivity index (χ1) is 9.86. The summed E-state index contributed by atoms with van der Waals surface area (Å²) in [7, 11) is 6.55. The van der Waals surface area contributed by atoms with Crippen molar-refractivity contribution in [2.75, 3.05) is 41.4 Å². The van der Waals surface area contributed by atoms with E-state index >= 15 is 0 Å². The number of likely N-dealkylation sites (N-methyl/N-ethyl adjacent to an activating group) is 1. The Labute approximate surface area is 125 Å². The summed E-state index contributed by atoms with van der Waals surface area (Å²) < 4.78 is 24.3. The predicted molar refractivity (Wildman–Crippen MR) is 78.9 cm³/mol. The number of nitrogens with zero attached hydrogens (tertiary/aromatic N) is 1. The Morgan fingerprint density at radius 2 is 2.05 bits per heavy atom. The third kappa shape index (κ3) is 3.92. The van der Waals surface area contributed by atoms with Gasteiger partial charge in [0.25, 0.3) is 0 Å². The number of halogens is 1. The Kier molecular flexibility index (Phi) is 6.11. The van der Waals surface area contributed by atoms with E-state index < -0.39 is 17.3 Å². The van der Waals surface area contributed by atoms with Crippen LogP contribution in [0.5, 0.6) is 5.75 Å². The normalized spacial score (nSPS) is 13.9. The van der Waals surface area contributed by atoms with Gasteiger partial charge in [0.05, 0.1) is 19.8 Å². The third-order valence-corrected chi connectivity index (χ3v) is 3.33. The number of benzene rings is 1. The van der Waals surface area contributed by atoms with Crippen molar-refractivity contribution in [3.63, 3.8) is 0 Å². The minimum atomic E-state index is -1.32. The molecule has 1 N–H and O–H groups in total. The second-order valence-electron chi connectivity index (χ2n) is 5.16. The van der Waals surface area contributed by atoms with E-state index in [1.165, 1.54) is 26.4 Å². The Balaban J connectivity index is 3.22. The number of hydrogen-bond acceptors (Lipinski definition) is 5. The first-order valence-corrected chi connectivity index (χ1v) is 6.68. The van der Waals surface area contributed by atoms with Crippen molar-refractivity contribution in [1.29, 1.82) is 0 Å². The second kappa shape index (κ2) is 7.38. The van der Waals surface area contributed by atoms with Crippen molar-refractivity contribution in [1.82, 2.24) is 10.2 Å². The highest BCUT2D eigenvalue weighted by Crippen LogP contribution is 2.33. The maximum absolute atomic E-state index is 14.3. The zero-order valence-electron chi connectivity index (χ0n) is 13.2. The zero-order chi connectivity index (χ0) is 16.0. The molecule has 0 spiro atoms. The molecule has 0 fully saturated rings. The van der Waals surface area contributed by atoms with Crippen LogP contribution in [-0.2, 0) is 15.1 Å². The lowest BCUT2D eigenvalue weighted by molar-refractivity contribution is -0.148. The molecular weight excluding hydrogens is 275 g/mol. The van der Waals surface area contributed by atoms with Gasteiger partial charge in [0, 0.05) is 13.1 Å². The molecule has 0 amide bonds. The van der Waals surface area contributed by atoms with E-state index in [9.17, 15) is 9.18 Å². The van der Waals surface area contributed by atoms with Crippen LogP contribution in [0.1, 0.15) is 12.5 Å². The van der Waals surface area contributed by atoms with Gasteiger partial charge in [-0.25, -0.2) is 9.18 Å². The molecule has 21 heavy (non-hydrogen) atoms. The van der Waals surface area contributed by atoms with Gasteiger partial charge in [-0.05, 0) is 33.2 Å². The average Bonchev–Trinajstić information content (AvgIpc) is 2.45. The lowest BCUT2D eigenvalue weighted by Gasteiger charge is -2.30. The van der Waals surface area contributed by atoms with E-state index in [0.717, 1.165) is 0 Å². The van der Waals surface area contributed by atoms with Crippen LogP contribution in [0.3, 0.4) is 0 Å². The predicted octanol–water partition coefficient (Wildman–Crippen LogP) is 1.37. The highest BCUT2D eigenvalue weighted by molar-refractivity contribution is 5.83. The van der Waals surface area contributed by atoms with E-state index in [2.05, 4.69) is 5.32 Å². The summed E-state index contributed by atoms with van der Waals surface area (Å²) in [6.07, 6.45) is 0. The molecule has 118 valence electrons. The van der Waals surface area contributed by atoms with Gasteiger partial charge >= 0.3 is 5.97 Å². The van der Waals surface area contributed by atoms with Crippen molar-refractivity contribution in [3.05, 3.63) is 29.6 Å². The summed E-state index contributed by atoms with van der Waals surface area (Å²) >= 11 is 0. The number of hydrogen-bond donors (Lipinski definition) is 1. The maximum Gasteiger partial charge on any atom is 0.330 e. The van der Waals surface area contributed by atoms with Gasteiger partial charge < -0.3 is 14.4 Å². The molecular formula is C15H23FN2O3. The highest BCUT2D eigenvalue weighted by atomic mass is 19.1. The first-order valence-electron chi connectivity index (χ1n) is 6.68. The van der Waals surface area contributed by atoms with Crippen LogP contribution in [0.2, 0.25) is 0 Å². The number of esters is 1. The molecule has 0 heterocycles. The number of carbonyl (C=O) groups is 1. The largest absolute Gasteiger partial charge is 0.496 e. The molecule has 0 radical (unpaired) electrons. The standard InChI is InChI=1S/C15H23FN2O3/c1-15(14(19)21-5,17-9-10-18(2)3)13-11(16)7-6-8-12(13)20-4/h6-8,17H,9-10H2,1-5H3. The van der Waals surface area contributed by atoms with Crippen molar-refractivity contribution >= 4 is 5.97 Å². The monoisotopic (exact) mass is 298 g/mol. The molecule has 0 saturated carbocycles. The highest BCUT2D eigenvalue weighted by Gasteiger charge is 2.40. The van der Waals surface area contributed by atoms with Crippen molar-refractivity contribution in [2.24, 2.45) is 0 Å². The number of nitrogens with one attached hydrogen (secondary N) is 1. The lowest BCUT2D eigenvalue weighted by atomic mass is 9.90. The molecule has 0 aromatic heterocycles. The van der Waals surface area contributed by atoms with E-state index in [1.807, 2.05) is 19.0 Å². The molecule has 1 aromatic rings. The fourth-order valence-corrected chi connectivity index (χ4v) is 2.16. The topological polar surface area (TPSA) is 50.8 Å². The molecule has 0 saturated heterocycles. The maximum atomic E-state index is 14.3. The molecule has 5 nitrogen and oxygen atoms in total. The molecule has 0 aliphatic heterocycles. The fraction of sp³-hybridized carbons (Fsp3) is 0.533. The van der Waals surface area contributed by atoms with Crippen molar-refractivity contribution < 1.29 is 18.7 Å². The van der Waals surface area contributed by atoms with Gasteiger partial charge in [-0.3, -0.25) is 5.32 Å². The smallest absolute Gasteiger partial charge is 0.330 e. The van der Waals surface area contributed by atoms with Gasteiger partial charge in [-0.1, -0.05) is 6.07 Å². The molecule has 1 aromatic carbocycles. The first kappa shape index (κ1) is 17.4. The van der Waals surface area contributed by atoms with E-state index in [0.29, 0.717) is 18.8 Å². The quantitative estimate of drug-likeness (QED) is 0.771. The number of carbonyl (C=O) groups excluding carboxylic acids is 1. The number of rotatable bonds is 7. The van der Waals surface area contributed by atoms with Crippen LogP contribution in [0.4, 0.5) is 4.39 Å². The van der Waals surface area contributed by atoms with E-state index in [4.69, 9.17) is 9.47 Å². The Hall–Kier alpha value is -1.66. The third-order valence-electron chi connectivity index (χ3n) is 3.33. The Morgan fingerprint density at radius 3 is 2.57 bits per heavy atom. The van der Waals surface area contributed by atoms with Crippen LogP contribution < -0.4 is 10.1 Å². The van der Waals surface area contributed by atoms with Gasteiger partial charge in [0.15, 0.2) is 0 Å². The summed E-state index contributed by atoms with van der Waals surface area (Å²) in [6.45, 7) is 2.79. The van der Waals surface area contributed by atoms with E-state index in [1.54, 1.807) is 13.0 Å². The Bertz CT molecular complexity index is 494. The minimum absolute atomic E-state index is 0.151. The number of methoxy groups -OCH3 is 2. The number of ether oxygens (including phenoxy) is 2. The molecule has 0 bridgehead atoms. The summed E-state index contributed by atoms with van der Waals surface area (Å²) in [6, 6.07) is 4.45. The van der Waals surface area contributed by atoms with Crippen molar-refractivity contribution in [2.45, 2.75) is 12.5 Å². The van der Waals surface area contributed by atoms with Crippen LogP contribution in [0, 0.1) is 5.82 Å². The molecule has 6 heteroatoms. The van der Waals surface area contributed by atoms with Gasteiger partial charge in [-0.15, -0.1) is 0 Å². The van der Waals surface area contributed by atoms with E-state index in [-0.39, 0.29) is 5.56 Å². The summed E-state index contributed by atoms with van der Waals surface area (Å²) in [5, 5.41) is 3.07. The minimum Gasteiger partial charge on any atom is -0.496 e. The summed E-state index contributed by atoms with van der Waals surface area (Å²) in [4.78, 5) is 14.2. The van der Waals surface area contributed by atoms with Gasteiger partial charge in [0.2, 0.25) is 0 Å². The van der Waals surface area contributed by atoms with Gasteiger partial charge in [0.1, 0.15) is 17.1 Å². The lowest BCUT2D eigenvalue weighted by Crippen LogP contribution is -2.50. The molecule has 1 unspecified atom stereocenters. The van der Waals surface area contributed by atoms with Crippen LogP contribution >= 0.6 is 0 Å². The summed E-state index contributed by atoms with van der Waals surface area (Å²) in [5.41, 5.74) is -1.17. The average molecular weight is 298 g/mol. The molecule has 0 aliphatic rings. The molecule has 0 aliphatic carbocycles. The molecule has 1 rings (SSSR count). The van der Waals surface area contributed by atoms with Crippen molar-refractivity contribution in [3.8, 4) is 5.75 Å². The van der Waals surface area contributed by atoms with Crippen LogP contribution in [0.15, 0.2) is 18.2 Å². The summed E-state index contributed by atoms with van der Waals surface area (Å²) in [5.74, 6) is -0.774.